The van der Waals surface area contributed by atoms with E-state index in [1.54, 1.807) is 0 Å². The van der Waals surface area contributed by atoms with E-state index in [4.69, 9.17) is 4.42 Å². The van der Waals surface area contributed by atoms with Gasteiger partial charge < -0.3 is 9.32 Å². The van der Waals surface area contributed by atoms with Crippen LogP contribution in [0.2, 0.25) is 0 Å². The second-order valence-corrected chi connectivity index (χ2v) is 16.0. The van der Waals surface area contributed by atoms with E-state index in [9.17, 15) is 0 Å². The van der Waals surface area contributed by atoms with Gasteiger partial charge >= 0.3 is 0 Å². The molecular formula is C60H39NO. The molecular weight excluding hydrogens is 751 g/mol. The second kappa shape index (κ2) is 14.8. The quantitative estimate of drug-likeness (QED) is 0.150. The Morgan fingerprint density at radius 1 is 0.274 bits per heavy atom. The minimum atomic E-state index is 0.897. The Morgan fingerprint density at radius 3 is 1.71 bits per heavy atom. The van der Waals surface area contributed by atoms with Crippen molar-refractivity contribution in [1.29, 1.82) is 0 Å². The number of hydrogen-bond donors (Lipinski definition) is 0. The van der Waals surface area contributed by atoms with E-state index in [0.29, 0.717) is 0 Å². The van der Waals surface area contributed by atoms with Crippen molar-refractivity contribution in [2.24, 2.45) is 0 Å². The predicted molar refractivity (Wildman–Crippen MR) is 263 cm³/mol. The SMILES string of the molecule is c1cc(-c2ccc(-c3cccc4c3ccc3ccccc34)cc2)cc(N(c2ccc(-c3cccc4oc5ccccc5c34)cc2)c2ccccc2-c2cccc3ccccc23)c1. The van der Waals surface area contributed by atoms with Crippen molar-refractivity contribution >= 4 is 71.3 Å². The average Bonchev–Trinajstić information content (AvgIpc) is 3.73. The van der Waals surface area contributed by atoms with E-state index in [0.717, 1.165) is 55.7 Å². The van der Waals surface area contributed by atoms with Crippen LogP contribution in [0.25, 0.3) is 98.8 Å². The highest BCUT2D eigenvalue weighted by Crippen LogP contribution is 2.45. The molecule has 0 aliphatic heterocycles. The summed E-state index contributed by atoms with van der Waals surface area (Å²) < 4.78 is 6.28. The minimum absolute atomic E-state index is 0.897. The maximum atomic E-state index is 6.28. The summed E-state index contributed by atoms with van der Waals surface area (Å²) in [7, 11) is 0. The molecule has 0 bridgehead atoms. The molecule has 0 saturated carbocycles. The Morgan fingerprint density at radius 2 is 0.839 bits per heavy atom. The number of furan rings is 1. The number of anilines is 3. The summed E-state index contributed by atoms with van der Waals surface area (Å²) in [4.78, 5) is 2.41. The fourth-order valence-electron chi connectivity index (χ4n) is 9.55. The summed E-state index contributed by atoms with van der Waals surface area (Å²) in [6.07, 6.45) is 0. The zero-order valence-corrected chi connectivity index (χ0v) is 33.9. The van der Waals surface area contributed by atoms with E-state index in [2.05, 4.69) is 229 Å². The van der Waals surface area contributed by atoms with Crippen LogP contribution in [0.1, 0.15) is 0 Å². The van der Waals surface area contributed by atoms with Crippen molar-refractivity contribution in [2.45, 2.75) is 0 Å². The fourth-order valence-corrected chi connectivity index (χ4v) is 9.55. The van der Waals surface area contributed by atoms with Gasteiger partial charge in [-0.3, -0.25) is 0 Å². The fraction of sp³-hybridized carbons (Fsp3) is 0. The Bertz CT molecular complexity index is 3630. The average molecular weight is 790 g/mol. The summed E-state index contributed by atoms with van der Waals surface area (Å²) >= 11 is 0. The lowest BCUT2D eigenvalue weighted by Gasteiger charge is -2.29. The lowest BCUT2D eigenvalue weighted by atomic mass is 9.93. The largest absolute Gasteiger partial charge is 0.456 e. The predicted octanol–water partition coefficient (Wildman–Crippen LogP) is 17.2. The lowest BCUT2D eigenvalue weighted by Crippen LogP contribution is -2.11. The molecule has 0 unspecified atom stereocenters. The third-order valence-corrected chi connectivity index (χ3v) is 12.5. The molecule has 290 valence electrons. The van der Waals surface area contributed by atoms with Crippen molar-refractivity contribution in [3.8, 4) is 44.5 Å². The van der Waals surface area contributed by atoms with Crippen molar-refractivity contribution in [3.63, 3.8) is 0 Å². The van der Waals surface area contributed by atoms with Gasteiger partial charge in [0.1, 0.15) is 11.2 Å². The maximum Gasteiger partial charge on any atom is 0.136 e. The number of para-hydroxylation sites is 2. The van der Waals surface area contributed by atoms with Crippen molar-refractivity contribution in [3.05, 3.63) is 237 Å². The highest BCUT2D eigenvalue weighted by molar-refractivity contribution is 6.13. The van der Waals surface area contributed by atoms with Gasteiger partial charge in [-0.05, 0) is 114 Å². The third-order valence-electron chi connectivity index (χ3n) is 12.5. The molecule has 0 radical (unpaired) electrons. The first-order valence-electron chi connectivity index (χ1n) is 21.2. The highest BCUT2D eigenvalue weighted by Gasteiger charge is 2.20. The Hall–Kier alpha value is -8.20. The molecule has 0 saturated heterocycles. The molecule has 1 aromatic heterocycles. The molecule has 11 aromatic carbocycles. The Balaban J connectivity index is 0.976. The first-order valence-corrected chi connectivity index (χ1v) is 21.2. The second-order valence-electron chi connectivity index (χ2n) is 16.0. The van der Waals surface area contributed by atoms with Crippen LogP contribution in [0.4, 0.5) is 17.1 Å². The van der Waals surface area contributed by atoms with Gasteiger partial charge in [-0.25, -0.2) is 0 Å². The van der Waals surface area contributed by atoms with Crippen LogP contribution < -0.4 is 4.90 Å². The summed E-state index contributed by atoms with van der Waals surface area (Å²) in [6, 6.07) is 85.5. The van der Waals surface area contributed by atoms with Crippen molar-refractivity contribution in [2.75, 3.05) is 4.90 Å². The Labute approximate surface area is 360 Å². The van der Waals surface area contributed by atoms with Gasteiger partial charge in [-0.2, -0.15) is 0 Å². The first-order chi connectivity index (χ1) is 30.7. The number of benzene rings is 11. The van der Waals surface area contributed by atoms with Crippen LogP contribution in [-0.2, 0) is 0 Å². The number of rotatable bonds is 7. The van der Waals surface area contributed by atoms with Crippen molar-refractivity contribution < 1.29 is 4.42 Å². The molecule has 0 N–H and O–H groups in total. The highest BCUT2D eigenvalue weighted by atomic mass is 16.3. The van der Waals surface area contributed by atoms with Crippen LogP contribution in [0.5, 0.6) is 0 Å². The normalized spacial score (nSPS) is 11.5. The summed E-state index contributed by atoms with van der Waals surface area (Å²) in [5.74, 6) is 0. The molecule has 0 aliphatic rings. The van der Waals surface area contributed by atoms with Crippen LogP contribution in [-0.4, -0.2) is 0 Å². The van der Waals surface area contributed by atoms with E-state index in [-0.39, 0.29) is 0 Å². The van der Waals surface area contributed by atoms with Gasteiger partial charge in [-0.1, -0.05) is 194 Å². The topological polar surface area (TPSA) is 16.4 Å². The number of hydrogen-bond acceptors (Lipinski definition) is 2. The van der Waals surface area contributed by atoms with Gasteiger partial charge in [0, 0.05) is 27.7 Å². The molecule has 12 rings (SSSR count). The zero-order valence-electron chi connectivity index (χ0n) is 33.9. The molecule has 0 aliphatic carbocycles. The molecule has 0 spiro atoms. The molecule has 2 heteroatoms. The van der Waals surface area contributed by atoms with Gasteiger partial charge in [0.2, 0.25) is 0 Å². The van der Waals surface area contributed by atoms with Gasteiger partial charge in [0.25, 0.3) is 0 Å². The van der Waals surface area contributed by atoms with Crippen LogP contribution >= 0.6 is 0 Å². The molecule has 12 aromatic rings. The zero-order chi connectivity index (χ0) is 41.0. The van der Waals surface area contributed by atoms with Gasteiger partial charge in [0.05, 0.1) is 5.69 Å². The summed E-state index contributed by atoms with van der Waals surface area (Å²) in [6.45, 7) is 0. The maximum absolute atomic E-state index is 6.28. The summed E-state index contributed by atoms with van der Waals surface area (Å²) in [5.41, 5.74) is 14.5. The van der Waals surface area contributed by atoms with Crippen LogP contribution in [0.15, 0.2) is 241 Å². The molecule has 2 nitrogen and oxygen atoms in total. The standard InChI is InChI=1S/C60H39NO/c1-3-18-48-41(13-1)15-10-24-53(48)55-20-5-7-26-57(55)61(46-36-33-44(34-37-46)51-23-12-28-59-60(51)56-21-6-8-27-58(56)62-59)47-17-9-16-45(39-47)40-29-31-43(32-30-40)50-22-11-25-52-49-19-4-2-14-42(49)35-38-54(50)52/h1-39H. The van der Waals surface area contributed by atoms with Gasteiger partial charge in [-0.15, -0.1) is 0 Å². The van der Waals surface area contributed by atoms with E-state index < -0.39 is 0 Å². The first kappa shape index (κ1) is 35.7. The van der Waals surface area contributed by atoms with Crippen LogP contribution in [0.3, 0.4) is 0 Å². The van der Waals surface area contributed by atoms with E-state index in [1.807, 2.05) is 12.1 Å². The monoisotopic (exact) mass is 789 g/mol. The van der Waals surface area contributed by atoms with Crippen molar-refractivity contribution in [1.82, 2.24) is 0 Å². The molecule has 0 fully saturated rings. The van der Waals surface area contributed by atoms with Crippen LogP contribution in [0, 0.1) is 0 Å². The smallest absolute Gasteiger partial charge is 0.136 e. The summed E-state index contributed by atoms with van der Waals surface area (Å²) in [5, 5.41) is 9.81. The minimum Gasteiger partial charge on any atom is -0.456 e. The molecule has 0 atom stereocenters. The van der Waals surface area contributed by atoms with Gasteiger partial charge in [0.15, 0.2) is 0 Å². The number of fused-ring (bicyclic) bond motifs is 7. The Kier molecular flexibility index (Phi) is 8.53. The van der Waals surface area contributed by atoms with E-state index >= 15 is 0 Å². The molecule has 0 amide bonds. The molecule has 62 heavy (non-hydrogen) atoms. The molecule has 1 heterocycles. The lowest BCUT2D eigenvalue weighted by molar-refractivity contribution is 0.669. The number of nitrogens with zero attached hydrogens (tertiary/aromatic N) is 1. The third kappa shape index (κ3) is 6.04. The van der Waals surface area contributed by atoms with E-state index in [1.165, 1.54) is 60.1 Å².